The number of benzene rings is 1. The van der Waals surface area contributed by atoms with E-state index in [9.17, 15) is 4.79 Å². The van der Waals surface area contributed by atoms with Crippen LogP contribution in [0.3, 0.4) is 0 Å². The zero-order valence-electron chi connectivity index (χ0n) is 10.6. The smallest absolute Gasteiger partial charge is 0.182 e. The molecule has 0 saturated carbocycles. The number of ketones is 1. The van der Waals surface area contributed by atoms with E-state index >= 15 is 0 Å². The molecular formula is C14H18N2O. The number of allylic oxidation sites excluding steroid dienone is 2. The Labute approximate surface area is 102 Å². The van der Waals surface area contributed by atoms with Crippen molar-refractivity contribution in [3.8, 4) is 0 Å². The van der Waals surface area contributed by atoms with Crippen molar-refractivity contribution in [3.05, 3.63) is 47.3 Å². The van der Waals surface area contributed by atoms with E-state index in [1.807, 2.05) is 37.4 Å². The Morgan fingerprint density at radius 2 is 1.82 bits per heavy atom. The van der Waals surface area contributed by atoms with Crippen LogP contribution in [0.25, 0.3) is 0 Å². The van der Waals surface area contributed by atoms with Crippen LogP contribution in [0.5, 0.6) is 0 Å². The number of nitrogens with zero attached hydrogens (tertiary/aromatic N) is 2. The van der Waals surface area contributed by atoms with Gasteiger partial charge in [0.05, 0.1) is 13.2 Å². The van der Waals surface area contributed by atoms with Gasteiger partial charge in [0.1, 0.15) is 0 Å². The predicted octanol–water partition coefficient (Wildman–Crippen LogP) is 2.33. The Hall–Kier alpha value is -1.77. The number of hydrogen-bond acceptors (Lipinski definition) is 3. The average molecular weight is 230 g/mol. The third-order valence-electron chi connectivity index (χ3n) is 3.38. The fourth-order valence-electron chi connectivity index (χ4n) is 2.03. The van der Waals surface area contributed by atoms with Gasteiger partial charge in [0.25, 0.3) is 0 Å². The summed E-state index contributed by atoms with van der Waals surface area (Å²) in [5.41, 5.74) is 3.22. The molecule has 0 amide bonds. The van der Waals surface area contributed by atoms with Crippen LogP contribution in [-0.4, -0.2) is 35.8 Å². The van der Waals surface area contributed by atoms with E-state index in [2.05, 4.69) is 23.6 Å². The van der Waals surface area contributed by atoms with E-state index in [-0.39, 0.29) is 5.78 Å². The second-order valence-corrected chi connectivity index (χ2v) is 4.50. The molecule has 3 nitrogen and oxygen atoms in total. The lowest BCUT2D eigenvalue weighted by atomic mass is 10.1. The molecule has 17 heavy (non-hydrogen) atoms. The van der Waals surface area contributed by atoms with Gasteiger partial charge in [-0.2, -0.15) is 0 Å². The van der Waals surface area contributed by atoms with Gasteiger partial charge in [0.2, 0.25) is 0 Å². The molecular weight excluding hydrogens is 212 g/mol. The molecule has 1 aromatic rings. The summed E-state index contributed by atoms with van der Waals surface area (Å²) in [5, 5.41) is 0. The molecule has 3 heteroatoms. The van der Waals surface area contributed by atoms with E-state index in [1.54, 1.807) is 0 Å². The van der Waals surface area contributed by atoms with Crippen LogP contribution in [0.1, 0.15) is 24.2 Å². The highest BCUT2D eigenvalue weighted by molar-refractivity contribution is 5.97. The van der Waals surface area contributed by atoms with Crippen LogP contribution < -0.4 is 0 Å². The molecule has 0 aliphatic carbocycles. The van der Waals surface area contributed by atoms with Crippen molar-refractivity contribution >= 4 is 5.78 Å². The summed E-state index contributed by atoms with van der Waals surface area (Å²) in [4.78, 5) is 16.4. The minimum Gasteiger partial charge on any atom is -0.359 e. The molecule has 0 aromatic heterocycles. The Balaban J connectivity index is 2.07. The van der Waals surface area contributed by atoms with Gasteiger partial charge in [-0.15, -0.1) is 0 Å². The highest BCUT2D eigenvalue weighted by Crippen LogP contribution is 2.21. The molecule has 0 unspecified atom stereocenters. The van der Waals surface area contributed by atoms with E-state index < -0.39 is 0 Å². The molecule has 0 N–H and O–H groups in total. The molecule has 1 aliphatic rings. The molecule has 0 bridgehead atoms. The number of carbonyl (C=O) groups is 1. The minimum atomic E-state index is 0.174. The predicted molar refractivity (Wildman–Crippen MR) is 68.5 cm³/mol. The summed E-state index contributed by atoms with van der Waals surface area (Å²) >= 11 is 0. The summed E-state index contributed by atoms with van der Waals surface area (Å²) in [6, 6.07) is 9.46. The zero-order valence-corrected chi connectivity index (χ0v) is 10.6. The SMILES string of the molecule is CC1=C(C)N(CC(=O)c2ccccc2)CN1C. The Morgan fingerprint density at radius 1 is 1.18 bits per heavy atom. The number of carbonyl (C=O) groups excluding carboxylic acids is 1. The van der Waals surface area contributed by atoms with Crippen LogP contribution in [0.15, 0.2) is 41.7 Å². The normalized spacial score (nSPS) is 15.7. The van der Waals surface area contributed by atoms with Gasteiger partial charge in [-0.05, 0) is 13.8 Å². The van der Waals surface area contributed by atoms with E-state index in [1.165, 1.54) is 11.4 Å². The molecule has 1 aromatic carbocycles. The first-order valence-electron chi connectivity index (χ1n) is 5.81. The van der Waals surface area contributed by atoms with Gasteiger partial charge in [0.15, 0.2) is 5.78 Å². The summed E-state index contributed by atoms with van der Waals surface area (Å²) in [6.07, 6.45) is 0. The van der Waals surface area contributed by atoms with Crippen LogP contribution in [0, 0.1) is 0 Å². The minimum absolute atomic E-state index is 0.174. The zero-order chi connectivity index (χ0) is 12.4. The van der Waals surface area contributed by atoms with Gasteiger partial charge < -0.3 is 9.80 Å². The van der Waals surface area contributed by atoms with Gasteiger partial charge in [0, 0.05) is 24.0 Å². The van der Waals surface area contributed by atoms with E-state index in [0.717, 1.165) is 12.2 Å². The van der Waals surface area contributed by atoms with Crippen molar-refractivity contribution < 1.29 is 4.79 Å². The van der Waals surface area contributed by atoms with E-state index in [0.29, 0.717) is 6.54 Å². The maximum atomic E-state index is 12.1. The average Bonchev–Trinajstić information content (AvgIpc) is 2.58. The summed E-state index contributed by atoms with van der Waals surface area (Å²) < 4.78 is 0. The Bertz CT molecular complexity index is 451. The van der Waals surface area contributed by atoms with Gasteiger partial charge in [-0.25, -0.2) is 0 Å². The van der Waals surface area contributed by atoms with Gasteiger partial charge in [-0.3, -0.25) is 4.79 Å². The second kappa shape index (κ2) is 4.62. The summed E-state index contributed by atoms with van der Waals surface area (Å²) in [7, 11) is 2.05. The number of hydrogen-bond donors (Lipinski definition) is 0. The Morgan fingerprint density at radius 3 is 2.35 bits per heavy atom. The van der Waals surface area contributed by atoms with Crippen molar-refractivity contribution in [3.63, 3.8) is 0 Å². The van der Waals surface area contributed by atoms with Crippen molar-refractivity contribution in [2.45, 2.75) is 13.8 Å². The lowest BCUT2D eigenvalue weighted by Gasteiger charge is -2.20. The van der Waals surface area contributed by atoms with Crippen LogP contribution in [0.4, 0.5) is 0 Å². The number of rotatable bonds is 3. The monoisotopic (exact) mass is 230 g/mol. The van der Waals surface area contributed by atoms with Crippen LogP contribution in [0.2, 0.25) is 0 Å². The third-order valence-corrected chi connectivity index (χ3v) is 3.38. The van der Waals surface area contributed by atoms with Crippen molar-refractivity contribution in [2.24, 2.45) is 0 Å². The first kappa shape index (κ1) is 11.7. The molecule has 2 rings (SSSR count). The molecule has 0 fully saturated rings. The molecule has 0 radical (unpaired) electrons. The topological polar surface area (TPSA) is 23.6 Å². The largest absolute Gasteiger partial charge is 0.359 e. The lowest BCUT2D eigenvalue weighted by molar-refractivity contribution is 0.0942. The highest BCUT2D eigenvalue weighted by atomic mass is 16.1. The van der Waals surface area contributed by atoms with Gasteiger partial charge in [-0.1, -0.05) is 30.3 Å². The quantitative estimate of drug-likeness (QED) is 0.745. The van der Waals surface area contributed by atoms with Crippen LogP contribution in [-0.2, 0) is 0 Å². The molecule has 0 atom stereocenters. The fourth-order valence-corrected chi connectivity index (χ4v) is 2.03. The molecule has 1 aliphatic heterocycles. The van der Waals surface area contributed by atoms with Gasteiger partial charge >= 0.3 is 0 Å². The molecule has 90 valence electrons. The second-order valence-electron chi connectivity index (χ2n) is 4.50. The molecule has 1 heterocycles. The number of Topliss-reactive ketones (excluding diaryl/α,β-unsaturated/α-hetero) is 1. The van der Waals surface area contributed by atoms with Crippen molar-refractivity contribution in [1.82, 2.24) is 9.80 Å². The molecule has 0 spiro atoms. The summed E-state index contributed by atoms with van der Waals surface area (Å²) in [6.45, 7) is 5.41. The van der Waals surface area contributed by atoms with Crippen LogP contribution >= 0.6 is 0 Å². The highest BCUT2D eigenvalue weighted by Gasteiger charge is 2.22. The fraction of sp³-hybridized carbons (Fsp3) is 0.357. The van der Waals surface area contributed by atoms with E-state index in [4.69, 9.17) is 0 Å². The Kier molecular flexibility index (Phi) is 3.18. The maximum Gasteiger partial charge on any atom is 0.182 e. The first-order chi connectivity index (χ1) is 8.09. The third kappa shape index (κ3) is 2.33. The van der Waals surface area contributed by atoms with Crippen molar-refractivity contribution in [1.29, 1.82) is 0 Å². The molecule has 0 saturated heterocycles. The lowest BCUT2D eigenvalue weighted by Crippen LogP contribution is -2.30. The van der Waals surface area contributed by atoms with Crippen molar-refractivity contribution in [2.75, 3.05) is 20.3 Å². The first-order valence-corrected chi connectivity index (χ1v) is 5.81. The summed E-state index contributed by atoms with van der Waals surface area (Å²) in [5.74, 6) is 0.174. The maximum absolute atomic E-state index is 12.1. The standard InChI is InChI=1S/C14H18N2O/c1-11-12(2)16(10-15(11)3)9-14(17)13-7-5-4-6-8-13/h4-8H,9-10H2,1-3H3.